The van der Waals surface area contributed by atoms with Gasteiger partial charge >= 0.3 is 6.18 Å². The number of hydrogen-bond donors (Lipinski definition) is 1. The van der Waals surface area contributed by atoms with Crippen LogP contribution in [0.2, 0.25) is 5.15 Å². The Bertz CT molecular complexity index is 393. The van der Waals surface area contributed by atoms with Crippen molar-refractivity contribution in [3.05, 3.63) is 16.5 Å². The fraction of sp³-hybridized carbons (Fsp3) is 0.600. The van der Waals surface area contributed by atoms with E-state index in [1.165, 1.54) is 0 Å². The van der Waals surface area contributed by atoms with Crippen LogP contribution in [0.1, 0.15) is 24.2 Å². The van der Waals surface area contributed by atoms with Gasteiger partial charge in [-0.15, -0.1) is 0 Å². The van der Waals surface area contributed by atoms with Crippen LogP contribution in [-0.4, -0.2) is 22.7 Å². The summed E-state index contributed by atoms with van der Waals surface area (Å²) >= 11 is 5.81. The summed E-state index contributed by atoms with van der Waals surface area (Å²) in [6, 6.07) is 0. The number of rotatable bonds is 4. The van der Waals surface area contributed by atoms with Gasteiger partial charge in [-0.3, -0.25) is 0 Å². The Kier molecular flexibility index (Phi) is 4.56. The van der Waals surface area contributed by atoms with Gasteiger partial charge in [0.05, 0.1) is 11.4 Å². The third kappa shape index (κ3) is 4.77. The smallest absolute Gasteiger partial charge is 0.368 e. The van der Waals surface area contributed by atoms with Crippen molar-refractivity contribution in [1.82, 2.24) is 9.97 Å². The zero-order valence-electron chi connectivity index (χ0n) is 9.53. The Morgan fingerprint density at radius 3 is 2.35 bits per heavy atom. The van der Waals surface area contributed by atoms with Crippen molar-refractivity contribution in [2.45, 2.75) is 32.9 Å². The number of aryl methyl sites for hydroxylation is 2. The number of anilines is 1. The van der Waals surface area contributed by atoms with Crippen LogP contribution < -0.4 is 5.32 Å². The van der Waals surface area contributed by atoms with E-state index in [1.807, 2.05) is 0 Å². The summed E-state index contributed by atoms with van der Waals surface area (Å²) < 4.78 is 35.7. The highest BCUT2D eigenvalue weighted by Crippen LogP contribution is 2.22. The van der Waals surface area contributed by atoms with E-state index in [4.69, 9.17) is 11.6 Å². The second-order valence-electron chi connectivity index (χ2n) is 3.68. The molecule has 0 aliphatic heterocycles. The first-order valence-electron chi connectivity index (χ1n) is 5.11. The summed E-state index contributed by atoms with van der Waals surface area (Å²) in [4.78, 5) is 8.14. The van der Waals surface area contributed by atoms with Gasteiger partial charge in [-0.1, -0.05) is 11.6 Å². The third-order valence-corrected chi connectivity index (χ3v) is 2.46. The second-order valence-corrected chi connectivity index (χ2v) is 4.04. The van der Waals surface area contributed by atoms with E-state index < -0.39 is 12.6 Å². The van der Waals surface area contributed by atoms with Gasteiger partial charge in [-0.05, 0) is 20.3 Å². The van der Waals surface area contributed by atoms with Crippen LogP contribution in [0, 0.1) is 13.8 Å². The highest BCUT2D eigenvalue weighted by atomic mass is 35.5. The molecule has 3 nitrogen and oxygen atoms in total. The van der Waals surface area contributed by atoms with Crippen LogP contribution in [0.3, 0.4) is 0 Å². The highest BCUT2D eigenvalue weighted by molar-refractivity contribution is 6.31. The highest BCUT2D eigenvalue weighted by Gasteiger charge is 2.25. The Labute approximate surface area is 102 Å². The maximum atomic E-state index is 11.9. The van der Waals surface area contributed by atoms with Crippen molar-refractivity contribution in [3.8, 4) is 0 Å². The molecule has 0 fully saturated rings. The number of aromatic nitrogens is 2. The number of alkyl halides is 3. The molecular formula is C10H13ClF3N3. The van der Waals surface area contributed by atoms with E-state index in [-0.39, 0.29) is 18.1 Å². The normalized spacial score (nSPS) is 11.6. The van der Waals surface area contributed by atoms with Crippen LogP contribution >= 0.6 is 11.6 Å². The fourth-order valence-electron chi connectivity index (χ4n) is 1.18. The molecule has 0 radical (unpaired) electrons. The van der Waals surface area contributed by atoms with E-state index >= 15 is 0 Å². The zero-order chi connectivity index (χ0) is 13.1. The molecule has 1 rings (SSSR count). The maximum absolute atomic E-state index is 11.9. The van der Waals surface area contributed by atoms with Gasteiger partial charge in [-0.2, -0.15) is 13.2 Å². The molecule has 0 unspecified atom stereocenters. The molecule has 0 aliphatic rings. The van der Waals surface area contributed by atoms with Crippen molar-refractivity contribution in [2.75, 3.05) is 11.9 Å². The van der Waals surface area contributed by atoms with Crippen molar-refractivity contribution in [3.63, 3.8) is 0 Å². The van der Waals surface area contributed by atoms with Crippen LogP contribution in [0.5, 0.6) is 0 Å². The van der Waals surface area contributed by atoms with Crippen LogP contribution in [0.15, 0.2) is 0 Å². The quantitative estimate of drug-likeness (QED) is 0.849. The van der Waals surface area contributed by atoms with Crippen LogP contribution in [-0.2, 0) is 0 Å². The van der Waals surface area contributed by atoms with E-state index in [9.17, 15) is 13.2 Å². The molecule has 1 aromatic heterocycles. The molecule has 0 saturated carbocycles. The molecular weight excluding hydrogens is 255 g/mol. The van der Waals surface area contributed by atoms with E-state index in [0.29, 0.717) is 17.2 Å². The molecule has 0 aromatic carbocycles. The van der Waals surface area contributed by atoms with E-state index in [1.54, 1.807) is 13.8 Å². The molecule has 0 spiro atoms. The predicted molar refractivity (Wildman–Crippen MR) is 60.3 cm³/mol. The number of hydrogen-bond acceptors (Lipinski definition) is 3. The van der Waals surface area contributed by atoms with E-state index in [2.05, 4.69) is 15.3 Å². The SMILES string of the molecule is Cc1nc(Cl)c(NCCCC(F)(F)F)nc1C. The second kappa shape index (κ2) is 5.53. The third-order valence-electron chi connectivity index (χ3n) is 2.19. The van der Waals surface area contributed by atoms with Gasteiger partial charge in [0.25, 0.3) is 0 Å². The van der Waals surface area contributed by atoms with Gasteiger partial charge in [0.15, 0.2) is 11.0 Å². The molecule has 1 heterocycles. The average Bonchev–Trinajstić information content (AvgIpc) is 2.18. The van der Waals surface area contributed by atoms with Gasteiger partial charge in [-0.25, -0.2) is 9.97 Å². The minimum Gasteiger partial charge on any atom is -0.368 e. The number of nitrogens with zero attached hydrogens (tertiary/aromatic N) is 2. The Morgan fingerprint density at radius 2 is 1.76 bits per heavy atom. The summed E-state index contributed by atoms with van der Waals surface area (Å²) in [5.74, 6) is 0.331. The number of nitrogens with one attached hydrogen (secondary N) is 1. The van der Waals surface area contributed by atoms with Gasteiger partial charge < -0.3 is 5.32 Å². The first-order valence-corrected chi connectivity index (χ1v) is 5.49. The summed E-state index contributed by atoms with van der Waals surface area (Å²) in [7, 11) is 0. The maximum Gasteiger partial charge on any atom is 0.389 e. The van der Waals surface area contributed by atoms with Gasteiger partial charge in [0.1, 0.15) is 0 Å². The van der Waals surface area contributed by atoms with Crippen molar-refractivity contribution >= 4 is 17.4 Å². The summed E-state index contributed by atoms with van der Waals surface area (Å²) in [5.41, 5.74) is 1.41. The van der Waals surface area contributed by atoms with Crippen molar-refractivity contribution < 1.29 is 13.2 Å². The lowest BCUT2D eigenvalue weighted by atomic mass is 10.3. The Morgan fingerprint density at radius 1 is 1.18 bits per heavy atom. The molecule has 0 bridgehead atoms. The van der Waals surface area contributed by atoms with Gasteiger partial charge in [0.2, 0.25) is 0 Å². The Hall–Kier alpha value is -1.04. The molecule has 96 valence electrons. The largest absolute Gasteiger partial charge is 0.389 e. The topological polar surface area (TPSA) is 37.8 Å². The molecule has 1 N–H and O–H groups in total. The molecule has 7 heteroatoms. The van der Waals surface area contributed by atoms with Crippen LogP contribution in [0.25, 0.3) is 0 Å². The monoisotopic (exact) mass is 267 g/mol. The predicted octanol–water partition coefficient (Wildman–Crippen LogP) is 3.50. The first-order chi connectivity index (χ1) is 7.79. The van der Waals surface area contributed by atoms with Gasteiger partial charge in [0, 0.05) is 13.0 Å². The standard InChI is InChI=1S/C10H13ClF3N3/c1-6-7(2)17-9(8(11)16-6)15-5-3-4-10(12,13)14/h3-5H2,1-2H3,(H,15,17). The van der Waals surface area contributed by atoms with Crippen molar-refractivity contribution in [2.24, 2.45) is 0 Å². The molecule has 1 aromatic rings. The molecule has 0 atom stereocenters. The fourth-order valence-corrected chi connectivity index (χ4v) is 1.42. The zero-order valence-corrected chi connectivity index (χ0v) is 10.3. The molecule has 0 saturated heterocycles. The molecule has 17 heavy (non-hydrogen) atoms. The summed E-state index contributed by atoms with van der Waals surface area (Å²) in [6.45, 7) is 3.69. The molecule has 0 amide bonds. The van der Waals surface area contributed by atoms with E-state index in [0.717, 1.165) is 0 Å². The lowest BCUT2D eigenvalue weighted by Gasteiger charge is -2.10. The minimum absolute atomic E-state index is 0.0194. The van der Waals surface area contributed by atoms with Crippen LogP contribution in [0.4, 0.5) is 19.0 Å². The first kappa shape index (κ1) is 14.0. The number of halogens is 4. The lowest BCUT2D eigenvalue weighted by Crippen LogP contribution is -2.12. The summed E-state index contributed by atoms with van der Waals surface area (Å²) in [6.07, 6.45) is -4.97. The molecule has 0 aliphatic carbocycles. The average molecular weight is 268 g/mol. The minimum atomic E-state index is -4.12. The summed E-state index contributed by atoms with van der Waals surface area (Å²) in [5, 5.41) is 2.93. The Balaban J connectivity index is 2.50. The lowest BCUT2D eigenvalue weighted by molar-refractivity contribution is -0.134. The van der Waals surface area contributed by atoms with Crippen molar-refractivity contribution in [1.29, 1.82) is 0 Å².